The average Bonchev–Trinajstić information content (AvgIpc) is 3.21. The Kier molecular flexibility index (Phi) is 11.4. The van der Waals surface area contributed by atoms with Crippen LogP contribution in [0.2, 0.25) is 5.02 Å². The van der Waals surface area contributed by atoms with Crippen LogP contribution in [0.15, 0.2) is 90.5 Å². The van der Waals surface area contributed by atoms with E-state index in [2.05, 4.69) is 15.9 Å². The lowest BCUT2D eigenvalue weighted by Gasteiger charge is -2.36. The van der Waals surface area contributed by atoms with Gasteiger partial charge in [-0.25, -0.2) is 0 Å². The lowest BCUT2D eigenvalue weighted by atomic mass is 9.92. The molecule has 8 heteroatoms. The fraction of sp³-hybridized carbons (Fsp3) is 0.290. The van der Waals surface area contributed by atoms with Crippen LogP contribution in [0.4, 0.5) is 5.69 Å². The van der Waals surface area contributed by atoms with Gasteiger partial charge in [0, 0.05) is 49.0 Å². The maximum absolute atomic E-state index is 13.4. The number of anilines is 1. The quantitative estimate of drug-likeness (QED) is 0.175. The number of hydrogen-bond acceptors (Lipinski definition) is 4. The van der Waals surface area contributed by atoms with Gasteiger partial charge >= 0.3 is 0 Å². The first-order chi connectivity index (χ1) is 18.1. The Morgan fingerprint density at radius 1 is 0.718 bits per heavy atom. The number of unbranched alkanes of at least 4 members (excludes halogenated alkanes) is 1. The summed E-state index contributed by atoms with van der Waals surface area (Å²) in [4.78, 5) is 32.6. The maximum atomic E-state index is 13.4. The first kappa shape index (κ1) is 30.7. The highest BCUT2D eigenvalue weighted by molar-refractivity contribution is 6.30. The first-order valence-electron chi connectivity index (χ1n) is 13.0. The lowest BCUT2D eigenvalue weighted by molar-refractivity contribution is -0.137. The Hall–Kier alpha value is -2.83. The van der Waals surface area contributed by atoms with Gasteiger partial charge in [0.05, 0.1) is 6.42 Å². The second-order valence-electron chi connectivity index (χ2n) is 9.63. The van der Waals surface area contributed by atoms with E-state index >= 15 is 0 Å². The van der Waals surface area contributed by atoms with Gasteiger partial charge in [-0.15, -0.1) is 24.8 Å². The average molecular weight is 587 g/mol. The summed E-state index contributed by atoms with van der Waals surface area (Å²) >= 11 is 6.15. The molecule has 2 amide bonds. The standard InChI is InChI=1S/C31H32ClN3O2.2ClH/c32-26-14-9-15-27(22-26)34-20-18-33(19-21-34)16-7-8-17-35-29(36)23-28(31(35)37)30(24-10-3-1-4-11-24)25-12-5-2-6-13-25;;/h1-6,9-15,22H,7-8,16-21,23H2;2*1H. The zero-order valence-electron chi connectivity index (χ0n) is 21.8. The predicted molar refractivity (Wildman–Crippen MR) is 164 cm³/mol. The monoisotopic (exact) mass is 585 g/mol. The molecule has 0 saturated carbocycles. The van der Waals surface area contributed by atoms with Crippen molar-refractivity contribution in [3.05, 3.63) is 107 Å². The van der Waals surface area contributed by atoms with Crippen molar-refractivity contribution in [2.45, 2.75) is 19.3 Å². The third-order valence-corrected chi connectivity index (χ3v) is 7.45. The molecule has 0 radical (unpaired) electrons. The van der Waals surface area contributed by atoms with E-state index in [4.69, 9.17) is 11.6 Å². The summed E-state index contributed by atoms with van der Waals surface area (Å²) < 4.78 is 0. The number of rotatable bonds is 8. The molecule has 0 spiro atoms. The van der Waals surface area contributed by atoms with Gasteiger partial charge in [0.15, 0.2) is 0 Å². The molecule has 2 heterocycles. The molecule has 0 unspecified atom stereocenters. The van der Waals surface area contributed by atoms with Crippen molar-refractivity contribution < 1.29 is 9.59 Å². The molecule has 206 valence electrons. The lowest BCUT2D eigenvalue weighted by Crippen LogP contribution is -2.46. The summed E-state index contributed by atoms with van der Waals surface area (Å²) in [5.41, 5.74) is 4.55. The van der Waals surface area contributed by atoms with Gasteiger partial charge in [-0.1, -0.05) is 78.3 Å². The van der Waals surface area contributed by atoms with E-state index in [-0.39, 0.29) is 43.0 Å². The number of piperazine rings is 1. The zero-order valence-corrected chi connectivity index (χ0v) is 24.2. The number of likely N-dealkylation sites (tertiary alicyclic amines) is 1. The number of carbonyl (C=O) groups excluding carboxylic acids is 2. The largest absolute Gasteiger partial charge is 0.369 e. The summed E-state index contributed by atoms with van der Waals surface area (Å²) in [6.45, 7) is 5.39. The molecule has 0 atom stereocenters. The van der Waals surface area contributed by atoms with Crippen molar-refractivity contribution in [3.63, 3.8) is 0 Å². The van der Waals surface area contributed by atoms with Crippen LogP contribution in [0, 0.1) is 0 Å². The number of amides is 2. The highest BCUT2D eigenvalue weighted by Gasteiger charge is 2.36. The number of imide groups is 1. The minimum absolute atomic E-state index is 0. The van der Waals surface area contributed by atoms with Gasteiger partial charge in [0.1, 0.15) is 0 Å². The SMILES string of the molecule is Cl.Cl.O=C1CC(=C(c2ccccc2)c2ccccc2)C(=O)N1CCCCN1CCN(c2cccc(Cl)c2)CC1. The summed E-state index contributed by atoms with van der Waals surface area (Å²) in [7, 11) is 0. The van der Waals surface area contributed by atoms with Crippen LogP contribution in [0.5, 0.6) is 0 Å². The molecule has 0 N–H and O–H groups in total. The Balaban J connectivity index is 0.00000210. The Morgan fingerprint density at radius 2 is 1.31 bits per heavy atom. The Bertz CT molecular complexity index is 1240. The second kappa shape index (κ2) is 14.5. The molecule has 3 aromatic rings. The summed E-state index contributed by atoms with van der Waals surface area (Å²) in [6.07, 6.45) is 1.92. The van der Waals surface area contributed by atoms with Crippen LogP contribution in [-0.4, -0.2) is 60.9 Å². The molecule has 2 fully saturated rings. The molecule has 2 saturated heterocycles. The van der Waals surface area contributed by atoms with Gasteiger partial charge in [0.2, 0.25) is 5.91 Å². The Labute approximate surface area is 248 Å². The van der Waals surface area contributed by atoms with Crippen LogP contribution >= 0.6 is 36.4 Å². The van der Waals surface area contributed by atoms with Gasteiger partial charge in [-0.2, -0.15) is 0 Å². The van der Waals surface area contributed by atoms with E-state index in [1.807, 2.05) is 78.9 Å². The molecular weight excluding hydrogens is 553 g/mol. The topological polar surface area (TPSA) is 43.9 Å². The van der Waals surface area contributed by atoms with Gasteiger partial charge in [-0.3, -0.25) is 19.4 Å². The molecule has 5 nitrogen and oxygen atoms in total. The van der Waals surface area contributed by atoms with Crippen LogP contribution in [0.1, 0.15) is 30.4 Å². The number of benzene rings is 3. The highest BCUT2D eigenvalue weighted by Crippen LogP contribution is 2.33. The van der Waals surface area contributed by atoms with Crippen molar-refractivity contribution >= 4 is 59.5 Å². The third-order valence-electron chi connectivity index (χ3n) is 7.21. The highest BCUT2D eigenvalue weighted by atomic mass is 35.5. The van der Waals surface area contributed by atoms with E-state index in [1.165, 1.54) is 10.6 Å². The minimum Gasteiger partial charge on any atom is -0.369 e. The molecular formula is C31H34Cl3N3O2. The minimum atomic E-state index is -0.150. The van der Waals surface area contributed by atoms with Crippen molar-refractivity contribution in [2.75, 3.05) is 44.2 Å². The molecule has 0 aromatic heterocycles. The van der Waals surface area contributed by atoms with Crippen LogP contribution < -0.4 is 4.90 Å². The van der Waals surface area contributed by atoms with Crippen molar-refractivity contribution in [2.24, 2.45) is 0 Å². The Morgan fingerprint density at radius 3 is 1.90 bits per heavy atom. The number of halogens is 3. The number of hydrogen-bond donors (Lipinski definition) is 0. The molecule has 5 rings (SSSR count). The summed E-state index contributed by atoms with van der Waals surface area (Å²) in [5, 5.41) is 0.767. The first-order valence-corrected chi connectivity index (χ1v) is 13.4. The fourth-order valence-electron chi connectivity index (χ4n) is 5.25. The maximum Gasteiger partial charge on any atom is 0.257 e. The molecule has 3 aromatic carbocycles. The van der Waals surface area contributed by atoms with E-state index in [0.29, 0.717) is 12.1 Å². The van der Waals surface area contributed by atoms with E-state index in [0.717, 1.165) is 67.3 Å². The van der Waals surface area contributed by atoms with Crippen molar-refractivity contribution in [1.29, 1.82) is 0 Å². The molecule has 39 heavy (non-hydrogen) atoms. The normalized spacial score (nSPS) is 15.7. The number of carbonyl (C=O) groups is 2. The third kappa shape index (κ3) is 7.43. The van der Waals surface area contributed by atoms with Crippen molar-refractivity contribution in [3.8, 4) is 0 Å². The fourth-order valence-corrected chi connectivity index (χ4v) is 5.44. The van der Waals surface area contributed by atoms with E-state index < -0.39 is 0 Å². The number of nitrogens with zero attached hydrogens (tertiary/aromatic N) is 3. The van der Waals surface area contributed by atoms with Gasteiger partial charge in [-0.05, 0) is 54.3 Å². The zero-order chi connectivity index (χ0) is 25.6. The van der Waals surface area contributed by atoms with Crippen LogP contribution in [0.3, 0.4) is 0 Å². The van der Waals surface area contributed by atoms with E-state index in [1.54, 1.807) is 0 Å². The second-order valence-corrected chi connectivity index (χ2v) is 10.1. The van der Waals surface area contributed by atoms with Gasteiger partial charge in [0.25, 0.3) is 5.91 Å². The summed E-state index contributed by atoms with van der Waals surface area (Å²) in [6, 6.07) is 27.8. The molecule has 2 aliphatic heterocycles. The van der Waals surface area contributed by atoms with E-state index in [9.17, 15) is 9.59 Å². The van der Waals surface area contributed by atoms with Crippen LogP contribution in [-0.2, 0) is 9.59 Å². The summed E-state index contributed by atoms with van der Waals surface area (Å²) in [5.74, 6) is -0.248. The molecule has 0 aliphatic carbocycles. The van der Waals surface area contributed by atoms with Gasteiger partial charge < -0.3 is 4.90 Å². The van der Waals surface area contributed by atoms with Crippen molar-refractivity contribution in [1.82, 2.24) is 9.80 Å². The van der Waals surface area contributed by atoms with Crippen LogP contribution in [0.25, 0.3) is 5.57 Å². The molecule has 0 bridgehead atoms. The molecule has 2 aliphatic rings. The predicted octanol–water partition coefficient (Wildman–Crippen LogP) is 6.35. The smallest absolute Gasteiger partial charge is 0.257 e.